The van der Waals surface area contributed by atoms with Crippen molar-refractivity contribution in [2.24, 2.45) is 5.92 Å². The Balaban J connectivity index is 2.04. The molecule has 0 radical (unpaired) electrons. The highest BCUT2D eigenvalue weighted by atomic mass is 32.2. The van der Waals surface area contributed by atoms with Crippen LogP contribution in [0.25, 0.3) is 0 Å². The molecule has 0 amide bonds. The lowest BCUT2D eigenvalue weighted by molar-refractivity contribution is 0.155. The predicted octanol–water partition coefficient (Wildman–Crippen LogP) is 1.06. The van der Waals surface area contributed by atoms with Crippen molar-refractivity contribution in [1.82, 2.24) is 0 Å². The molecular weight excluding hydrogens is 172 g/mol. The van der Waals surface area contributed by atoms with Gasteiger partial charge in [0.1, 0.15) is 0 Å². The Hall–Kier alpha value is 0.110. The molecule has 2 aliphatic rings. The van der Waals surface area contributed by atoms with Crippen LogP contribution in [0.5, 0.6) is 0 Å². The Morgan fingerprint density at radius 1 is 1.17 bits per heavy atom. The Morgan fingerprint density at radius 2 is 1.83 bits per heavy atom. The maximum atomic E-state index is 11.5. The van der Waals surface area contributed by atoms with Crippen molar-refractivity contribution < 1.29 is 9.32 Å². The van der Waals surface area contributed by atoms with Gasteiger partial charge in [0.25, 0.3) is 0 Å². The average molecular weight is 188 g/mol. The van der Waals surface area contributed by atoms with Crippen LogP contribution in [-0.4, -0.2) is 26.4 Å². The summed E-state index contributed by atoms with van der Waals surface area (Å²) in [5.41, 5.74) is 0. The first-order valence-electron chi connectivity index (χ1n) is 4.84. The van der Waals surface area contributed by atoms with Crippen LogP contribution in [0.3, 0.4) is 0 Å². The van der Waals surface area contributed by atoms with Gasteiger partial charge in [0.15, 0.2) is 0 Å². The van der Waals surface area contributed by atoms with Crippen molar-refractivity contribution in [1.29, 1.82) is 0 Å². The summed E-state index contributed by atoms with van der Waals surface area (Å²) in [6.07, 6.45) is 5.40. The molecular formula is C9H16O2S. The van der Waals surface area contributed by atoms with E-state index in [1.54, 1.807) is 0 Å². The SMILES string of the molecule is O=S1CC[C@@H](O)C1C1CCCC1. The van der Waals surface area contributed by atoms with E-state index < -0.39 is 10.8 Å². The maximum Gasteiger partial charge on any atom is 0.0695 e. The average Bonchev–Trinajstić information content (AvgIpc) is 2.61. The van der Waals surface area contributed by atoms with Gasteiger partial charge >= 0.3 is 0 Å². The van der Waals surface area contributed by atoms with Crippen LogP contribution in [0.2, 0.25) is 0 Å². The first-order valence-corrected chi connectivity index (χ1v) is 6.22. The molecule has 1 N–H and O–H groups in total. The minimum absolute atomic E-state index is 0.118. The van der Waals surface area contributed by atoms with E-state index in [4.69, 9.17) is 0 Å². The van der Waals surface area contributed by atoms with Crippen LogP contribution in [0, 0.1) is 5.92 Å². The molecule has 3 atom stereocenters. The second kappa shape index (κ2) is 3.46. The maximum absolute atomic E-state index is 11.5. The first kappa shape index (κ1) is 8.70. The van der Waals surface area contributed by atoms with E-state index in [1.807, 2.05) is 0 Å². The van der Waals surface area contributed by atoms with Gasteiger partial charge in [-0.1, -0.05) is 12.8 Å². The summed E-state index contributed by atoms with van der Waals surface area (Å²) in [6.45, 7) is 0. The summed E-state index contributed by atoms with van der Waals surface area (Å²) in [5, 5.41) is 9.74. The molecule has 2 rings (SSSR count). The highest BCUT2D eigenvalue weighted by molar-refractivity contribution is 7.86. The quantitative estimate of drug-likeness (QED) is 0.668. The molecule has 70 valence electrons. The Kier molecular flexibility index (Phi) is 2.51. The molecule has 1 saturated carbocycles. The van der Waals surface area contributed by atoms with Crippen molar-refractivity contribution in [3.63, 3.8) is 0 Å². The smallest absolute Gasteiger partial charge is 0.0695 e. The minimum atomic E-state index is -0.731. The van der Waals surface area contributed by atoms with Gasteiger partial charge in [0.2, 0.25) is 0 Å². The van der Waals surface area contributed by atoms with Crippen LogP contribution in [0.4, 0.5) is 0 Å². The lowest BCUT2D eigenvalue weighted by atomic mass is 9.98. The van der Waals surface area contributed by atoms with Gasteiger partial charge in [0.05, 0.1) is 11.4 Å². The summed E-state index contributed by atoms with van der Waals surface area (Å²) in [7, 11) is -0.731. The monoisotopic (exact) mass is 188 g/mol. The minimum Gasteiger partial charge on any atom is -0.392 e. The number of aliphatic hydroxyl groups excluding tert-OH is 1. The van der Waals surface area contributed by atoms with Gasteiger partial charge in [-0.05, 0) is 25.2 Å². The van der Waals surface area contributed by atoms with E-state index in [2.05, 4.69) is 0 Å². The number of rotatable bonds is 1. The number of hydrogen-bond acceptors (Lipinski definition) is 2. The van der Waals surface area contributed by atoms with E-state index in [1.165, 1.54) is 25.7 Å². The molecule has 2 unspecified atom stereocenters. The zero-order valence-electron chi connectivity index (χ0n) is 7.24. The Bertz CT molecular complexity index is 187. The third-order valence-electron chi connectivity index (χ3n) is 3.16. The van der Waals surface area contributed by atoms with Crippen molar-refractivity contribution >= 4 is 10.8 Å². The van der Waals surface area contributed by atoms with E-state index in [-0.39, 0.29) is 11.4 Å². The highest BCUT2D eigenvalue weighted by Crippen LogP contribution is 2.35. The van der Waals surface area contributed by atoms with Gasteiger partial charge in [-0.25, -0.2) is 0 Å². The normalized spacial score (nSPS) is 43.9. The summed E-state index contributed by atoms with van der Waals surface area (Å²) in [6, 6.07) is 0. The molecule has 1 heterocycles. The molecule has 0 bridgehead atoms. The molecule has 1 aliphatic carbocycles. The summed E-state index contributed by atoms with van der Waals surface area (Å²) in [5.74, 6) is 1.28. The van der Waals surface area contributed by atoms with Gasteiger partial charge in [0, 0.05) is 16.6 Å². The third kappa shape index (κ3) is 1.44. The fourth-order valence-electron chi connectivity index (χ4n) is 2.53. The molecule has 1 aliphatic heterocycles. The second-order valence-corrected chi connectivity index (χ2v) is 5.66. The second-order valence-electron chi connectivity index (χ2n) is 3.95. The molecule has 3 heteroatoms. The summed E-state index contributed by atoms with van der Waals surface area (Å²) < 4.78 is 11.5. The Labute approximate surface area is 75.8 Å². The van der Waals surface area contributed by atoms with Crippen LogP contribution < -0.4 is 0 Å². The third-order valence-corrected chi connectivity index (χ3v) is 5.11. The lowest BCUT2D eigenvalue weighted by Crippen LogP contribution is -2.29. The van der Waals surface area contributed by atoms with Crippen LogP contribution in [0.15, 0.2) is 0 Å². The van der Waals surface area contributed by atoms with Gasteiger partial charge in [-0.3, -0.25) is 4.21 Å². The van der Waals surface area contributed by atoms with Crippen molar-refractivity contribution in [3.05, 3.63) is 0 Å². The van der Waals surface area contributed by atoms with Gasteiger partial charge in [-0.15, -0.1) is 0 Å². The molecule has 0 spiro atoms. The predicted molar refractivity (Wildman–Crippen MR) is 49.4 cm³/mol. The zero-order chi connectivity index (χ0) is 8.55. The standard InChI is InChI=1S/C9H16O2S/c10-8-5-6-12(11)9(8)7-3-1-2-4-7/h7-10H,1-6H2/t8-,9?,12?/m1/s1. The number of hydrogen-bond donors (Lipinski definition) is 1. The highest BCUT2D eigenvalue weighted by Gasteiger charge is 2.39. The molecule has 0 aromatic carbocycles. The fraction of sp³-hybridized carbons (Fsp3) is 1.00. The van der Waals surface area contributed by atoms with E-state index in [9.17, 15) is 9.32 Å². The van der Waals surface area contributed by atoms with Gasteiger partial charge in [-0.2, -0.15) is 0 Å². The summed E-state index contributed by atoms with van der Waals surface area (Å²) in [4.78, 5) is 0. The Morgan fingerprint density at radius 3 is 2.33 bits per heavy atom. The first-order chi connectivity index (χ1) is 5.79. The van der Waals surface area contributed by atoms with Crippen LogP contribution in [0.1, 0.15) is 32.1 Å². The summed E-state index contributed by atoms with van der Waals surface area (Å²) >= 11 is 0. The van der Waals surface area contributed by atoms with Crippen molar-refractivity contribution in [2.75, 3.05) is 5.75 Å². The zero-order valence-corrected chi connectivity index (χ0v) is 8.05. The van der Waals surface area contributed by atoms with Crippen molar-refractivity contribution in [2.45, 2.75) is 43.5 Å². The molecule has 1 saturated heterocycles. The molecule has 2 fully saturated rings. The number of aliphatic hydroxyl groups is 1. The molecule has 12 heavy (non-hydrogen) atoms. The van der Waals surface area contributed by atoms with Crippen LogP contribution >= 0.6 is 0 Å². The molecule has 0 aromatic heterocycles. The topological polar surface area (TPSA) is 37.3 Å². The molecule has 2 nitrogen and oxygen atoms in total. The molecule has 0 aromatic rings. The van der Waals surface area contributed by atoms with Crippen molar-refractivity contribution in [3.8, 4) is 0 Å². The van der Waals surface area contributed by atoms with Gasteiger partial charge < -0.3 is 5.11 Å². The van der Waals surface area contributed by atoms with E-state index >= 15 is 0 Å². The van der Waals surface area contributed by atoms with Crippen LogP contribution in [-0.2, 0) is 10.8 Å². The lowest BCUT2D eigenvalue weighted by Gasteiger charge is -2.19. The van der Waals surface area contributed by atoms with E-state index in [0.717, 1.165) is 12.2 Å². The largest absolute Gasteiger partial charge is 0.392 e. The fourth-order valence-corrected chi connectivity index (χ4v) is 4.46. The van der Waals surface area contributed by atoms with E-state index in [0.29, 0.717) is 5.92 Å².